The Kier molecular flexibility index (Phi) is 10.1. The van der Waals surface area contributed by atoms with Crippen LogP contribution in [0.25, 0.3) is 5.57 Å². The van der Waals surface area contributed by atoms with Crippen molar-refractivity contribution in [2.75, 3.05) is 70.0 Å². The highest BCUT2D eigenvalue weighted by Crippen LogP contribution is 2.27. The molecule has 0 aromatic heterocycles. The molecule has 1 saturated heterocycles. The van der Waals surface area contributed by atoms with Crippen molar-refractivity contribution in [3.05, 3.63) is 76.9 Å². The van der Waals surface area contributed by atoms with Crippen molar-refractivity contribution < 1.29 is 9.59 Å². The van der Waals surface area contributed by atoms with E-state index in [-0.39, 0.29) is 18.4 Å². The number of nitrogens with one attached hydrogen (secondary N) is 1. The van der Waals surface area contributed by atoms with Gasteiger partial charge in [0, 0.05) is 80.9 Å². The molecule has 2 aromatic rings. The zero-order valence-electron chi connectivity index (χ0n) is 26.2. The minimum Gasteiger partial charge on any atom is -0.398 e. The van der Waals surface area contributed by atoms with Gasteiger partial charge in [0.2, 0.25) is 5.91 Å². The summed E-state index contributed by atoms with van der Waals surface area (Å²) < 4.78 is 0. The zero-order valence-corrected chi connectivity index (χ0v) is 26.2. The van der Waals surface area contributed by atoms with Gasteiger partial charge in [0.25, 0.3) is 5.91 Å². The van der Waals surface area contributed by atoms with Crippen LogP contribution >= 0.6 is 0 Å². The Morgan fingerprint density at radius 3 is 2.44 bits per heavy atom. The summed E-state index contributed by atoms with van der Waals surface area (Å²) >= 11 is 0. The van der Waals surface area contributed by atoms with Gasteiger partial charge in [-0.1, -0.05) is 36.4 Å². The summed E-state index contributed by atoms with van der Waals surface area (Å²) in [5.74, 6) is 0.796. The highest BCUT2D eigenvalue weighted by molar-refractivity contribution is 6.08. The van der Waals surface area contributed by atoms with Gasteiger partial charge in [-0.25, -0.2) is 4.99 Å². The van der Waals surface area contributed by atoms with Crippen LogP contribution in [0.15, 0.2) is 70.2 Å². The standard InChI is InChI=1S/C34H43N9O2/c1-3-43(28-10-11-30(35)29(20-28)33(37)42-15-4-5-16-42)34(45)27-12-17-40(21-27)22-31(44)41-18-13-25(14-19-41)24-6-8-26(9-7-24)32(36)39-23-38-2/h6-13,20,23,37H,3-5,14-19,21-22,35H2,1-2H3,(H2,36,38,39). The van der Waals surface area contributed by atoms with E-state index in [1.165, 1.54) is 11.9 Å². The number of amides is 2. The number of hydrogen-bond acceptors (Lipinski definition) is 6. The largest absolute Gasteiger partial charge is 0.398 e. The molecule has 11 nitrogen and oxygen atoms in total. The summed E-state index contributed by atoms with van der Waals surface area (Å²) in [6.45, 7) is 6.55. The van der Waals surface area contributed by atoms with Crippen molar-refractivity contribution in [3.8, 4) is 0 Å². The van der Waals surface area contributed by atoms with E-state index >= 15 is 0 Å². The second kappa shape index (κ2) is 14.3. The SMILES string of the molecule is CCN(C(=O)C1=CCN(CC(=O)N2CC=C(c3ccc(C(N)=NC=NC)cc3)CC2)C1)c1ccc(N)c(C(=N)N2CCCC2)c1. The first-order valence-electron chi connectivity index (χ1n) is 15.6. The highest BCUT2D eigenvalue weighted by atomic mass is 16.2. The smallest absolute Gasteiger partial charge is 0.255 e. The summed E-state index contributed by atoms with van der Waals surface area (Å²) in [5, 5.41) is 8.68. The molecule has 3 heterocycles. The molecule has 0 radical (unpaired) electrons. The minimum absolute atomic E-state index is 0.0558. The summed E-state index contributed by atoms with van der Waals surface area (Å²) in [5.41, 5.74) is 18.0. The average molecular weight is 610 g/mol. The Bertz CT molecular complexity index is 1550. The number of carbonyl (C=O) groups is 2. The third kappa shape index (κ3) is 7.31. The van der Waals surface area contributed by atoms with E-state index in [1.54, 1.807) is 18.0 Å². The van der Waals surface area contributed by atoms with E-state index in [0.29, 0.717) is 61.2 Å². The molecule has 2 aromatic carbocycles. The zero-order chi connectivity index (χ0) is 31.9. The van der Waals surface area contributed by atoms with Crippen LogP contribution in [0.5, 0.6) is 0 Å². The fourth-order valence-corrected chi connectivity index (χ4v) is 6.03. The normalized spacial score (nSPS) is 17.5. The molecule has 0 bridgehead atoms. The maximum absolute atomic E-state index is 13.6. The fourth-order valence-electron chi connectivity index (χ4n) is 6.03. The van der Waals surface area contributed by atoms with E-state index in [1.807, 2.05) is 64.1 Å². The van der Waals surface area contributed by atoms with Gasteiger partial charge < -0.3 is 26.2 Å². The van der Waals surface area contributed by atoms with Gasteiger partial charge in [-0.15, -0.1) is 0 Å². The molecule has 5 rings (SSSR count). The first-order valence-corrected chi connectivity index (χ1v) is 15.6. The predicted octanol–water partition coefficient (Wildman–Crippen LogP) is 2.96. The van der Waals surface area contributed by atoms with Crippen molar-refractivity contribution in [1.29, 1.82) is 5.41 Å². The topological polar surface area (TPSA) is 148 Å². The van der Waals surface area contributed by atoms with Gasteiger partial charge in [-0.2, -0.15) is 0 Å². The first-order chi connectivity index (χ1) is 21.8. The number of nitrogen functional groups attached to an aromatic ring is 1. The summed E-state index contributed by atoms with van der Waals surface area (Å²) in [6.07, 6.45) is 8.37. The molecule has 5 N–H and O–H groups in total. The van der Waals surface area contributed by atoms with Crippen LogP contribution in [0, 0.1) is 5.41 Å². The van der Waals surface area contributed by atoms with Gasteiger partial charge in [-0.05, 0) is 55.5 Å². The number of carbonyl (C=O) groups excluding carboxylic acids is 2. The molecule has 1 fully saturated rings. The molecule has 236 valence electrons. The van der Waals surface area contributed by atoms with Crippen molar-refractivity contribution >= 4 is 46.8 Å². The lowest BCUT2D eigenvalue weighted by Crippen LogP contribution is -2.42. The van der Waals surface area contributed by atoms with E-state index in [0.717, 1.165) is 49.2 Å². The van der Waals surface area contributed by atoms with Crippen LogP contribution in [0.3, 0.4) is 0 Å². The Labute approximate surface area is 265 Å². The van der Waals surface area contributed by atoms with E-state index < -0.39 is 0 Å². The van der Waals surface area contributed by atoms with Crippen molar-refractivity contribution in [2.45, 2.75) is 26.2 Å². The fraction of sp³-hybridized carbons (Fsp3) is 0.382. The number of likely N-dealkylation sites (tertiary alicyclic amines) is 1. The van der Waals surface area contributed by atoms with Crippen molar-refractivity contribution in [3.63, 3.8) is 0 Å². The molecule has 45 heavy (non-hydrogen) atoms. The van der Waals surface area contributed by atoms with Gasteiger partial charge in [0.15, 0.2) is 0 Å². The third-order valence-corrected chi connectivity index (χ3v) is 8.64. The Morgan fingerprint density at radius 2 is 1.78 bits per heavy atom. The summed E-state index contributed by atoms with van der Waals surface area (Å²) in [6, 6.07) is 13.4. The summed E-state index contributed by atoms with van der Waals surface area (Å²) in [7, 11) is 1.65. The number of benzene rings is 2. The number of amidine groups is 2. The highest BCUT2D eigenvalue weighted by Gasteiger charge is 2.28. The van der Waals surface area contributed by atoms with Crippen LogP contribution < -0.4 is 16.4 Å². The maximum atomic E-state index is 13.6. The number of hydrogen-bond donors (Lipinski definition) is 3. The molecule has 0 aliphatic carbocycles. The molecule has 2 amide bonds. The number of nitrogens with two attached hydrogens (primary N) is 2. The molecule has 0 unspecified atom stereocenters. The molecular weight excluding hydrogens is 566 g/mol. The Hall–Kier alpha value is -4.77. The molecule has 0 atom stereocenters. The lowest BCUT2D eigenvalue weighted by molar-refractivity contribution is -0.131. The number of likely N-dealkylation sites (N-methyl/N-ethyl adjacent to an activating group) is 1. The van der Waals surface area contributed by atoms with Crippen LogP contribution in [0.2, 0.25) is 0 Å². The second-order valence-corrected chi connectivity index (χ2v) is 11.5. The number of rotatable bonds is 9. The first kappa shape index (κ1) is 31.6. The molecule has 0 spiro atoms. The number of aliphatic imine (C=N–C) groups is 2. The van der Waals surface area contributed by atoms with Gasteiger partial charge in [0.05, 0.1) is 6.54 Å². The van der Waals surface area contributed by atoms with Gasteiger partial charge in [0.1, 0.15) is 18.0 Å². The molecular formula is C34H43N9O2. The lowest BCUT2D eigenvalue weighted by Gasteiger charge is -2.29. The Morgan fingerprint density at radius 1 is 1.02 bits per heavy atom. The van der Waals surface area contributed by atoms with Crippen molar-refractivity contribution in [1.82, 2.24) is 14.7 Å². The minimum atomic E-state index is -0.0843. The molecule has 0 saturated carbocycles. The van der Waals surface area contributed by atoms with Gasteiger partial charge >= 0.3 is 0 Å². The Balaban J connectivity index is 1.15. The molecule has 3 aliphatic rings. The van der Waals surface area contributed by atoms with Crippen LogP contribution in [-0.4, -0.2) is 104 Å². The van der Waals surface area contributed by atoms with Crippen LogP contribution in [0.4, 0.5) is 11.4 Å². The van der Waals surface area contributed by atoms with E-state index in [2.05, 4.69) is 16.1 Å². The van der Waals surface area contributed by atoms with Crippen molar-refractivity contribution in [2.24, 2.45) is 15.7 Å². The van der Waals surface area contributed by atoms with Crippen LogP contribution in [0.1, 0.15) is 42.9 Å². The quantitative estimate of drug-likeness (QED) is 0.226. The van der Waals surface area contributed by atoms with E-state index in [4.69, 9.17) is 16.9 Å². The predicted molar refractivity (Wildman–Crippen MR) is 182 cm³/mol. The molecule has 11 heteroatoms. The van der Waals surface area contributed by atoms with Crippen LogP contribution in [-0.2, 0) is 9.59 Å². The lowest BCUT2D eigenvalue weighted by atomic mass is 9.98. The van der Waals surface area contributed by atoms with Gasteiger partial charge in [-0.3, -0.25) is 24.9 Å². The number of anilines is 2. The third-order valence-electron chi connectivity index (χ3n) is 8.64. The second-order valence-electron chi connectivity index (χ2n) is 11.5. The monoisotopic (exact) mass is 609 g/mol. The average Bonchev–Trinajstić information content (AvgIpc) is 3.78. The summed E-state index contributed by atoms with van der Waals surface area (Å²) in [4.78, 5) is 42.4. The number of nitrogens with zero attached hydrogens (tertiary/aromatic N) is 6. The maximum Gasteiger partial charge on any atom is 0.255 e. The molecule has 3 aliphatic heterocycles. The van der Waals surface area contributed by atoms with E-state index in [9.17, 15) is 9.59 Å².